The predicted octanol–water partition coefficient (Wildman–Crippen LogP) is 3.83. The summed E-state index contributed by atoms with van der Waals surface area (Å²) in [4.78, 5) is 36.9. The smallest absolute Gasteiger partial charge is 0.407 e. The summed E-state index contributed by atoms with van der Waals surface area (Å²) in [5.74, 6) is -0.237. The van der Waals surface area contributed by atoms with E-state index in [0.29, 0.717) is 37.6 Å². The normalized spacial score (nSPS) is 14.5. The molecular weight excluding hydrogens is 554 g/mol. The van der Waals surface area contributed by atoms with Crippen LogP contribution < -0.4 is 25.8 Å². The summed E-state index contributed by atoms with van der Waals surface area (Å²) in [6.45, 7) is 14.0. The highest BCUT2D eigenvalue weighted by molar-refractivity contribution is 5.85. The van der Waals surface area contributed by atoms with Gasteiger partial charge in [0.2, 0.25) is 11.8 Å². The summed E-state index contributed by atoms with van der Waals surface area (Å²) in [6.07, 6.45) is 0.205. The molecule has 0 radical (unpaired) electrons. The van der Waals surface area contributed by atoms with Crippen molar-refractivity contribution in [1.82, 2.24) is 10.6 Å². The van der Waals surface area contributed by atoms with Crippen LogP contribution in [-0.2, 0) is 25.5 Å². The topological polar surface area (TPSA) is 158 Å². The molecule has 1 aromatic rings. The third-order valence-electron chi connectivity index (χ3n) is 7.22. The standard InChI is InChI=1S/C32H55N3O8/c1-20(2)23(15-22-11-12-27(41-9)28(16-22)42-14-10-13-40-8)17-25(35-31(39)43-32(5,6)7)26(36)18-24(21(3)4)30(38)34-19-29(33)37/h11-12,16,20-21,23-26,36H,10,13-15,17-19H2,1-9H3,(H2,33,37)(H,34,38)(H,35,39)/t23-,24-,25-,26-/m0/s1. The maximum atomic E-state index is 12.9. The van der Waals surface area contributed by atoms with Gasteiger partial charge in [-0.25, -0.2) is 4.79 Å². The fourth-order valence-corrected chi connectivity index (χ4v) is 4.75. The number of hydrogen-bond donors (Lipinski definition) is 4. The Morgan fingerprint density at radius 3 is 2.19 bits per heavy atom. The van der Waals surface area contributed by atoms with Crippen LogP contribution in [0.2, 0.25) is 0 Å². The number of aliphatic hydroxyl groups is 1. The number of aliphatic hydroxyl groups excluding tert-OH is 1. The summed E-state index contributed by atoms with van der Waals surface area (Å²) in [5.41, 5.74) is 5.49. The molecule has 0 saturated carbocycles. The Labute approximate surface area is 257 Å². The molecule has 0 aliphatic carbocycles. The first kappa shape index (κ1) is 38.0. The molecule has 11 heteroatoms. The Bertz CT molecular complexity index is 1010. The van der Waals surface area contributed by atoms with Gasteiger partial charge in [0.1, 0.15) is 5.60 Å². The summed E-state index contributed by atoms with van der Waals surface area (Å²) in [6, 6.07) is 5.13. The van der Waals surface area contributed by atoms with Crippen molar-refractivity contribution >= 4 is 17.9 Å². The van der Waals surface area contributed by atoms with Crippen LogP contribution in [0.1, 0.15) is 73.3 Å². The van der Waals surface area contributed by atoms with Crippen LogP contribution in [0.4, 0.5) is 4.79 Å². The van der Waals surface area contributed by atoms with Crippen molar-refractivity contribution in [2.24, 2.45) is 29.4 Å². The third kappa shape index (κ3) is 14.8. The van der Waals surface area contributed by atoms with Gasteiger partial charge in [0.15, 0.2) is 11.5 Å². The molecule has 0 aromatic heterocycles. The molecule has 5 N–H and O–H groups in total. The number of rotatable bonds is 19. The van der Waals surface area contributed by atoms with Crippen molar-refractivity contribution < 1.29 is 38.4 Å². The van der Waals surface area contributed by atoms with Gasteiger partial charge in [0, 0.05) is 26.1 Å². The predicted molar refractivity (Wildman–Crippen MR) is 166 cm³/mol. The molecule has 3 amide bonds. The second-order valence-electron chi connectivity index (χ2n) is 12.7. The Balaban J connectivity index is 3.23. The van der Waals surface area contributed by atoms with Crippen molar-refractivity contribution in [3.8, 4) is 11.5 Å². The van der Waals surface area contributed by atoms with Crippen molar-refractivity contribution in [1.29, 1.82) is 0 Å². The van der Waals surface area contributed by atoms with Gasteiger partial charge in [-0.1, -0.05) is 33.8 Å². The number of alkyl carbamates (subject to hydrolysis) is 1. The summed E-state index contributed by atoms with van der Waals surface area (Å²) in [7, 11) is 3.25. The summed E-state index contributed by atoms with van der Waals surface area (Å²) >= 11 is 0. The van der Waals surface area contributed by atoms with E-state index in [1.54, 1.807) is 35.0 Å². The van der Waals surface area contributed by atoms with Crippen LogP contribution >= 0.6 is 0 Å². The van der Waals surface area contributed by atoms with E-state index in [4.69, 9.17) is 24.7 Å². The molecule has 0 aliphatic heterocycles. The number of benzene rings is 1. The van der Waals surface area contributed by atoms with Gasteiger partial charge in [0.25, 0.3) is 0 Å². The zero-order chi connectivity index (χ0) is 32.7. The highest BCUT2D eigenvalue weighted by Gasteiger charge is 2.33. The van der Waals surface area contributed by atoms with E-state index in [0.717, 1.165) is 12.0 Å². The molecule has 0 bridgehead atoms. The van der Waals surface area contributed by atoms with E-state index in [1.165, 1.54) is 0 Å². The van der Waals surface area contributed by atoms with Gasteiger partial charge in [0.05, 0.1) is 32.4 Å². The van der Waals surface area contributed by atoms with Crippen LogP contribution in [0, 0.1) is 23.7 Å². The minimum absolute atomic E-state index is 0.0468. The lowest BCUT2D eigenvalue weighted by atomic mass is 9.80. The van der Waals surface area contributed by atoms with Crippen molar-refractivity contribution in [2.45, 2.75) is 91.9 Å². The number of ether oxygens (including phenoxy) is 4. The first-order valence-corrected chi connectivity index (χ1v) is 15.1. The van der Waals surface area contributed by atoms with E-state index < -0.39 is 35.7 Å². The summed E-state index contributed by atoms with van der Waals surface area (Å²) < 4.78 is 22.1. The minimum atomic E-state index is -1.06. The van der Waals surface area contributed by atoms with Crippen LogP contribution in [0.5, 0.6) is 11.5 Å². The third-order valence-corrected chi connectivity index (χ3v) is 7.22. The number of carbonyl (C=O) groups excluding carboxylic acids is 3. The highest BCUT2D eigenvalue weighted by atomic mass is 16.6. The largest absolute Gasteiger partial charge is 0.493 e. The lowest BCUT2D eigenvalue weighted by Gasteiger charge is -2.33. The zero-order valence-electron chi connectivity index (χ0n) is 27.5. The SMILES string of the molecule is COCCCOc1cc(C[C@@H](C[C@H](NC(=O)OC(C)(C)C)[C@@H](O)C[C@H](C(=O)NCC(N)=O)C(C)C)C(C)C)ccc1OC. The lowest BCUT2D eigenvalue weighted by molar-refractivity contribution is -0.130. The molecule has 0 fully saturated rings. The Kier molecular flexibility index (Phi) is 16.4. The highest BCUT2D eigenvalue weighted by Crippen LogP contribution is 2.32. The average molecular weight is 610 g/mol. The van der Waals surface area contributed by atoms with E-state index >= 15 is 0 Å². The van der Waals surface area contributed by atoms with Gasteiger partial charge >= 0.3 is 6.09 Å². The number of nitrogens with two attached hydrogens (primary N) is 1. The molecule has 1 aromatic carbocycles. The van der Waals surface area contributed by atoms with E-state index in [-0.39, 0.29) is 36.6 Å². The summed E-state index contributed by atoms with van der Waals surface area (Å²) in [5, 5.41) is 16.9. The second kappa shape index (κ2) is 18.6. The molecule has 11 nitrogen and oxygen atoms in total. The molecule has 0 spiro atoms. The van der Waals surface area contributed by atoms with Crippen molar-refractivity contribution in [3.63, 3.8) is 0 Å². The molecule has 0 unspecified atom stereocenters. The number of hydrogen-bond acceptors (Lipinski definition) is 8. The van der Waals surface area contributed by atoms with Crippen molar-refractivity contribution in [2.75, 3.05) is 34.0 Å². The number of carbonyl (C=O) groups is 3. The Morgan fingerprint density at radius 1 is 0.977 bits per heavy atom. The molecule has 246 valence electrons. The number of nitrogens with one attached hydrogen (secondary N) is 2. The van der Waals surface area contributed by atoms with Gasteiger partial charge in [-0.05, 0) is 75.5 Å². The van der Waals surface area contributed by atoms with Gasteiger partial charge < -0.3 is 40.4 Å². The number of primary amides is 1. The minimum Gasteiger partial charge on any atom is -0.493 e. The molecule has 1 rings (SSSR count). The molecule has 43 heavy (non-hydrogen) atoms. The van der Waals surface area contributed by atoms with Crippen LogP contribution in [0.15, 0.2) is 18.2 Å². The molecule has 4 atom stereocenters. The average Bonchev–Trinajstić information content (AvgIpc) is 2.90. The van der Waals surface area contributed by atoms with E-state index in [9.17, 15) is 19.5 Å². The second-order valence-corrected chi connectivity index (χ2v) is 12.7. The molecule has 0 heterocycles. The fraction of sp³-hybridized carbons (Fsp3) is 0.719. The van der Waals surface area contributed by atoms with E-state index in [2.05, 4.69) is 24.5 Å². The first-order chi connectivity index (χ1) is 20.1. The maximum Gasteiger partial charge on any atom is 0.407 e. The van der Waals surface area contributed by atoms with Gasteiger partial charge in [-0.15, -0.1) is 0 Å². The van der Waals surface area contributed by atoms with E-state index in [1.807, 2.05) is 32.0 Å². The quantitative estimate of drug-likeness (QED) is 0.172. The van der Waals surface area contributed by atoms with Crippen LogP contribution in [-0.4, -0.2) is 74.7 Å². The fourth-order valence-electron chi connectivity index (χ4n) is 4.75. The monoisotopic (exact) mass is 609 g/mol. The Morgan fingerprint density at radius 2 is 1.65 bits per heavy atom. The van der Waals surface area contributed by atoms with Gasteiger partial charge in [-0.2, -0.15) is 0 Å². The number of amides is 3. The first-order valence-electron chi connectivity index (χ1n) is 15.1. The van der Waals surface area contributed by atoms with Crippen LogP contribution in [0.3, 0.4) is 0 Å². The van der Waals surface area contributed by atoms with Gasteiger partial charge in [-0.3, -0.25) is 9.59 Å². The molecule has 0 aliphatic rings. The van der Waals surface area contributed by atoms with Crippen LogP contribution in [0.25, 0.3) is 0 Å². The lowest BCUT2D eigenvalue weighted by Crippen LogP contribution is -2.49. The Hall–Kier alpha value is -3.05. The maximum absolute atomic E-state index is 12.9. The zero-order valence-corrected chi connectivity index (χ0v) is 27.5. The molecular formula is C32H55N3O8. The number of methoxy groups -OCH3 is 2. The van der Waals surface area contributed by atoms with Crippen molar-refractivity contribution in [3.05, 3.63) is 23.8 Å². The molecule has 0 saturated heterocycles.